The van der Waals surface area contributed by atoms with Crippen LogP contribution in [0.2, 0.25) is 0 Å². The normalized spacial score (nSPS) is 27.4. The topological polar surface area (TPSA) is 36.9 Å². The van der Waals surface area contributed by atoms with E-state index in [1.807, 2.05) is 0 Å². The van der Waals surface area contributed by atoms with E-state index in [0.29, 0.717) is 62.2 Å². The number of halogens is 8. The predicted molar refractivity (Wildman–Crippen MR) is 158 cm³/mol. The summed E-state index contributed by atoms with van der Waals surface area (Å²) in [4.78, 5) is 0. The van der Waals surface area contributed by atoms with E-state index in [-0.39, 0.29) is 18.8 Å². The Balaban J connectivity index is 1.10. The van der Waals surface area contributed by atoms with Crippen LogP contribution in [0.25, 0.3) is 11.1 Å². The lowest BCUT2D eigenvalue weighted by molar-refractivity contribution is -0.275. The van der Waals surface area contributed by atoms with Gasteiger partial charge in [0.15, 0.2) is 17.9 Å². The average Bonchev–Trinajstić information content (AvgIpc) is 3.02. The lowest BCUT2D eigenvalue weighted by Gasteiger charge is -2.41. The highest BCUT2D eigenvalue weighted by Gasteiger charge is 2.46. The number of rotatable bonds is 11. The Hall–Kier alpha value is -2.60. The largest absolute Gasteiger partial charge is 0.573 e. The van der Waals surface area contributed by atoms with Crippen molar-refractivity contribution in [2.24, 2.45) is 29.6 Å². The molecule has 2 aromatic rings. The molecule has 0 amide bonds. The molecular formula is C35H42F8O4. The van der Waals surface area contributed by atoms with E-state index < -0.39 is 64.8 Å². The molecule has 0 spiro atoms. The van der Waals surface area contributed by atoms with Gasteiger partial charge in [0.25, 0.3) is 0 Å². The van der Waals surface area contributed by atoms with Gasteiger partial charge in [-0.25, -0.2) is 13.2 Å². The molecule has 3 aliphatic rings. The number of hydrogen-bond acceptors (Lipinski definition) is 4. The van der Waals surface area contributed by atoms with Gasteiger partial charge in [-0.1, -0.05) is 51.5 Å². The van der Waals surface area contributed by atoms with Gasteiger partial charge in [0.1, 0.15) is 17.4 Å². The summed E-state index contributed by atoms with van der Waals surface area (Å²) in [6, 6.07) is 2.91. The fourth-order valence-corrected chi connectivity index (χ4v) is 7.43. The molecule has 0 atom stereocenters. The van der Waals surface area contributed by atoms with Crippen molar-refractivity contribution in [3.05, 3.63) is 47.8 Å². The SMILES string of the molecule is CCCCCC1CCC(C2COC(C3CCC(C(F)(F)Oc4cc(F)c(-c5ccc(OC(F)(F)F)c(F)c5)c(F)c4)CC3)OC2)CC1. The zero-order valence-corrected chi connectivity index (χ0v) is 26.4. The number of hydrogen-bond donors (Lipinski definition) is 0. The van der Waals surface area contributed by atoms with E-state index in [1.54, 1.807) is 0 Å². The van der Waals surface area contributed by atoms with Crippen LogP contribution >= 0.6 is 0 Å². The molecule has 0 aromatic heterocycles. The van der Waals surface area contributed by atoms with E-state index in [1.165, 1.54) is 51.4 Å². The second-order valence-electron chi connectivity index (χ2n) is 13.3. The van der Waals surface area contributed by atoms with Crippen LogP contribution in [0.3, 0.4) is 0 Å². The first-order valence-corrected chi connectivity index (χ1v) is 16.7. The van der Waals surface area contributed by atoms with Gasteiger partial charge in [-0.15, -0.1) is 13.2 Å². The monoisotopic (exact) mass is 678 g/mol. The van der Waals surface area contributed by atoms with Crippen LogP contribution in [0.4, 0.5) is 35.1 Å². The second kappa shape index (κ2) is 15.3. The van der Waals surface area contributed by atoms with Crippen molar-refractivity contribution in [3.63, 3.8) is 0 Å². The summed E-state index contributed by atoms with van der Waals surface area (Å²) in [6.45, 7) is 3.45. The van der Waals surface area contributed by atoms with Crippen molar-refractivity contribution in [1.82, 2.24) is 0 Å². The highest BCUT2D eigenvalue weighted by atomic mass is 19.4. The summed E-state index contributed by atoms with van der Waals surface area (Å²) < 4.78 is 132. The van der Waals surface area contributed by atoms with Gasteiger partial charge in [-0.2, -0.15) is 8.78 Å². The van der Waals surface area contributed by atoms with Crippen molar-refractivity contribution >= 4 is 0 Å². The second-order valence-corrected chi connectivity index (χ2v) is 13.3. The summed E-state index contributed by atoms with van der Waals surface area (Å²) in [5.41, 5.74) is -1.27. The van der Waals surface area contributed by atoms with Crippen LogP contribution in [0.15, 0.2) is 30.3 Å². The number of ether oxygens (including phenoxy) is 4. The lowest BCUT2D eigenvalue weighted by Crippen LogP contribution is -2.43. The minimum Gasteiger partial charge on any atom is -0.432 e. The number of benzene rings is 2. The van der Waals surface area contributed by atoms with Crippen molar-refractivity contribution < 1.29 is 54.1 Å². The first-order chi connectivity index (χ1) is 22.3. The number of alkyl halides is 5. The van der Waals surface area contributed by atoms with Gasteiger partial charge >= 0.3 is 12.5 Å². The van der Waals surface area contributed by atoms with E-state index in [0.717, 1.165) is 12.0 Å². The quantitative estimate of drug-likeness (QED) is 0.175. The third-order valence-electron chi connectivity index (χ3n) is 10.1. The highest BCUT2D eigenvalue weighted by molar-refractivity contribution is 5.66. The average molecular weight is 679 g/mol. The molecule has 1 aliphatic heterocycles. The molecule has 262 valence electrons. The van der Waals surface area contributed by atoms with Crippen LogP contribution in [0.1, 0.15) is 84.0 Å². The first-order valence-electron chi connectivity index (χ1n) is 16.7. The van der Waals surface area contributed by atoms with Crippen LogP contribution in [0.5, 0.6) is 11.5 Å². The fourth-order valence-electron chi connectivity index (χ4n) is 7.43. The molecule has 2 saturated carbocycles. The molecule has 0 N–H and O–H groups in total. The maximum Gasteiger partial charge on any atom is 0.573 e. The van der Waals surface area contributed by atoms with Crippen molar-refractivity contribution in [3.8, 4) is 22.6 Å². The van der Waals surface area contributed by atoms with Crippen LogP contribution in [-0.2, 0) is 9.47 Å². The van der Waals surface area contributed by atoms with Crippen LogP contribution in [-0.4, -0.2) is 32.0 Å². The minimum absolute atomic E-state index is 0.0419. The molecule has 0 radical (unpaired) electrons. The Bertz CT molecular complexity index is 1290. The summed E-state index contributed by atoms with van der Waals surface area (Å²) in [6.07, 6.45) is 1.77. The highest BCUT2D eigenvalue weighted by Crippen LogP contribution is 2.44. The standard InChI is InChI=1S/C35H42F8O4/c1-2-3-4-5-21-6-8-22(9-7-21)25-19-44-33(45-20-25)23-10-13-26(14-11-23)34(39,40)46-27-17-29(37)32(30(38)18-27)24-12-15-31(28(36)16-24)47-35(41,42)43/h12,15-18,21-23,25-26,33H,2-11,13-14,19-20H2,1H3. The van der Waals surface area contributed by atoms with Gasteiger partial charge in [-0.05, 0) is 68.1 Å². The summed E-state index contributed by atoms with van der Waals surface area (Å²) >= 11 is 0. The van der Waals surface area contributed by atoms with E-state index in [9.17, 15) is 26.3 Å². The van der Waals surface area contributed by atoms with E-state index in [2.05, 4.69) is 11.7 Å². The Morgan fingerprint density at radius 2 is 1.32 bits per heavy atom. The summed E-state index contributed by atoms with van der Waals surface area (Å²) in [5.74, 6) is -5.65. The van der Waals surface area contributed by atoms with Gasteiger partial charge in [-0.3, -0.25) is 0 Å². The van der Waals surface area contributed by atoms with Gasteiger partial charge in [0.05, 0.1) is 24.7 Å². The Morgan fingerprint density at radius 3 is 1.89 bits per heavy atom. The smallest absolute Gasteiger partial charge is 0.432 e. The molecule has 4 nitrogen and oxygen atoms in total. The summed E-state index contributed by atoms with van der Waals surface area (Å²) in [5, 5.41) is 0. The Labute approximate surface area is 270 Å². The third kappa shape index (κ3) is 9.31. The summed E-state index contributed by atoms with van der Waals surface area (Å²) in [7, 11) is 0. The molecule has 12 heteroatoms. The molecule has 1 saturated heterocycles. The van der Waals surface area contributed by atoms with Crippen LogP contribution < -0.4 is 9.47 Å². The van der Waals surface area contributed by atoms with Gasteiger partial charge in [0, 0.05) is 24.0 Å². The predicted octanol–water partition coefficient (Wildman–Crippen LogP) is 10.8. The van der Waals surface area contributed by atoms with Gasteiger partial charge < -0.3 is 18.9 Å². The Kier molecular flexibility index (Phi) is 11.6. The molecule has 1 heterocycles. The zero-order chi connectivity index (χ0) is 33.8. The van der Waals surface area contributed by atoms with E-state index in [4.69, 9.17) is 14.2 Å². The molecule has 2 aromatic carbocycles. The maximum atomic E-state index is 15.2. The molecular weight excluding hydrogens is 636 g/mol. The lowest BCUT2D eigenvalue weighted by atomic mass is 9.74. The number of unbranched alkanes of at least 4 members (excludes halogenated alkanes) is 2. The third-order valence-corrected chi connectivity index (χ3v) is 10.1. The van der Waals surface area contributed by atoms with Gasteiger partial charge in [0.2, 0.25) is 0 Å². The van der Waals surface area contributed by atoms with Crippen molar-refractivity contribution in [1.29, 1.82) is 0 Å². The molecule has 2 aliphatic carbocycles. The van der Waals surface area contributed by atoms with Crippen molar-refractivity contribution in [2.45, 2.75) is 103 Å². The van der Waals surface area contributed by atoms with E-state index >= 15 is 8.78 Å². The molecule has 3 fully saturated rings. The molecule has 0 unspecified atom stereocenters. The Morgan fingerprint density at radius 1 is 0.702 bits per heavy atom. The fraction of sp³-hybridized carbons (Fsp3) is 0.657. The maximum absolute atomic E-state index is 15.2. The zero-order valence-electron chi connectivity index (χ0n) is 26.4. The first kappa shape index (κ1) is 35.7. The molecule has 5 rings (SSSR count). The minimum atomic E-state index is -5.17. The van der Waals surface area contributed by atoms with Crippen LogP contribution in [0, 0.1) is 47.0 Å². The molecule has 0 bridgehead atoms. The molecule has 47 heavy (non-hydrogen) atoms. The van der Waals surface area contributed by atoms with Crippen molar-refractivity contribution in [2.75, 3.05) is 13.2 Å².